The molecule has 0 unspecified atom stereocenters. The Kier molecular flexibility index (Phi) is 11.6. The Balaban J connectivity index is 1.63. The van der Waals surface area contributed by atoms with E-state index in [-0.39, 0.29) is 17.7 Å². The van der Waals surface area contributed by atoms with Gasteiger partial charge in [-0.3, -0.25) is 29.0 Å². The lowest BCUT2D eigenvalue weighted by Crippen LogP contribution is -2.59. The molecule has 4 atom stereocenters. The summed E-state index contributed by atoms with van der Waals surface area (Å²) in [6.07, 6.45) is 3.70. The minimum atomic E-state index is -1.32. The van der Waals surface area contributed by atoms with E-state index >= 15 is 0 Å². The van der Waals surface area contributed by atoms with Gasteiger partial charge in [0.15, 0.2) is 6.61 Å². The summed E-state index contributed by atoms with van der Waals surface area (Å²) in [6.45, 7) is 7.39. The molecule has 0 radical (unpaired) electrons. The van der Waals surface area contributed by atoms with Crippen LogP contribution in [0.1, 0.15) is 56.5 Å². The predicted molar refractivity (Wildman–Crippen MR) is 173 cm³/mol. The van der Waals surface area contributed by atoms with Crippen molar-refractivity contribution in [1.29, 1.82) is 0 Å². The first kappa shape index (κ1) is 35.3. The number of ether oxygens (including phenoxy) is 1. The van der Waals surface area contributed by atoms with Crippen molar-refractivity contribution in [2.75, 3.05) is 33.3 Å². The lowest BCUT2D eigenvalue weighted by Gasteiger charge is -2.42. The van der Waals surface area contributed by atoms with Crippen LogP contribution in [0.15, 0.2) is 48.8 Å². The van der Waals surface area contributed by atoms with Crippen LogP contribution in [0, 0.1) is 11.3 Å². The molecule has 5 amide bonds. The van der Waals surface area contributed by atoms with Crippen LogP contribution in [-0.4, -0.2) is 107 Å². The fourth-order valence-corrected chi connectivity index (χ4v) is 5.98. The molecule has 2 aromatic rings. The number of nitrogens with one attached hydrogen (secondary N) is 3. The second-order valence-electron chi connectivity index (χ2n) is 13.0. The Morgan fingerprint density at radius 2 is 1.74 bits per heavy atom. The average molecular weight is 651 g/mol. The van der Waals surface area contributed by atoms with Gasteiger partial charge < -0.3 is 35.6 Å². The number of pyridine rings is 1. The number of likely N-dealkylation sites (tertiary alicyclic amines) is 1. The van der Waals surface area contributed by atoms with Gasteiger partial charge in [-0.15, -0.1) is 0 Å². The second-order valence-corrected chi connectivity index (χ2v) is 13.0. The van der Waals surface area contributed by atoms with E-state index in [2.05, 4.69) is 20.9 Å². The number of aromatic nitrogens is 1. The van der Waals surface area contributed by atoms with E-state index in [1.54, 1.807) is 35.5 Å². The van der Waals surface area contributed by atoms with Crippen molar-refractivity contribution in [2.45, 2.75) is 71.2 Å². The Bertz CT molecular complexity index is 1440. The highest BCUT2D eigenvalue weighted by atomic mass is 16.5. The number of amides is 5. The molecular formula is C34H46N6O7. The van der Waals surface area contributed by atoms with Crippen LogP contribution in [0.2, 0.25) is 0 Å². The number of aliphatic hydroxyl groups is 1. The maximum atomic E-state index is 13.7. The van der Waals surface area contributed by atoms with Gasteiger partial charge in [-0.1, -0.05) is 26.0 Å². The number of rotatable bonds is 3. The standard InChI is InChI=1S/C34H46N6O7/c1-21(2)28-31(44)36-20-34(11-14-40(15-12-34)32(45)25-9-7-13-35-18-25)17-24-8-6-10-26(16-24)47-19-27(42)37-29(23(4)41)33(46)39(5)22(3)30(43)38-28/h6-10,13,16,18,21-23,28-29,41H,11-12,14-15,17,19-20H2,1-5H3,(H,36,44)(H,37,42)(H,38,43)/t22-,23+,28+,29-/m0/s1. The van der Waals surface area contributed by atoms with E-state index in [4.69, 9.17) is 4.74 Å². The van der Waals surface area contributed by atoms with Crippen LogP contribution < -0.4 is 20.7 Å². The number of carbonyl (C=O) groups excluding carboxylic acids is 5. The predicted octanol–water partition coefficient (Wildman–Crippen LogP) is 0.909. The smallest absolute Gasteiger partial charge is 0.258 e. The van der Waals surface area contributed by atoms with Gasteiger partial charge in [0, 0.05) is 39.1 Å². The van der Waals surface area contributed by atoms with Crippen LogP contribution in [0.25, 0.3) is 0 Å². The number of hydrogen-bond acceptors (Lipinski definition) is 8. The van der Waals surface area contributed by atoms with Gasteiger partial charge in [-0.05, 0) is 74.3 Å². The summed E-state index contributed by atoms with van der Waals surface area (Å²) in [7, 11) is 1.40. The fraction of sp³-hybridized carbons (Fsp3) is 0.529. The average Bonchev–Trinajstić information content (AvgIpc) is 3.06. The molecule has 1 saturated heterocycles. The van der Waals surface area contributed by atoms with Gasteiger partial charge in [0.25, 0.3) is 11.8 Å². The van der Waals surface area contributed by atoms with Crippen molar-refractivity contribution in [1.82, 2.24) is 30.7 Å². The van der Waals surface area contributed by atoms with E-state index < -0.39 is 54.0 Å². The van der Waals surface area contributed by atoms with Crippen molar-refractivity contribution in [2.24, 2.45) is 11.3 Å². The Morgan fingerprint density at radius 1 is 1.02 bits per heavy atom. The summed E-state index contributed by atoms with van der Waals surface area (Å²) in [5, 5.41) is 18.7. The van der Waals surface area contributed by atoms with Crippen LogP contribution in [0.5, 0.6) is 5.75 Å². The van der Waals surface area contributed by atoms with Crippen molar-refractivity contribution < 1.29 is 33.8 Å². The number of piperidine rings is 1. The van der Waals surface area contributed by atoms with E-state index in [1.165, 1.54) is 20.9 Å². The quantitative estimate of drug-likeness (QED) is 0.380. The number of fused-ring (bicyclic) bond motifs is 2. The van der Waals surface area contributed by atoms with E-state index in [0.29, 0.717) is 50.2 Å². The molecule has 2 bridgehead atoms. The first-order valence-electron chi connectivity index (χ1n) is 16.0. The number of likely N-dealkylation sites (N-methyl/N-ethyl adjacent to an activating group) is 1. The van der Waals surface area contributed by atoms with Gasteiger partial charge in [-0.2, -0.15) is 0 Å². The largest absolute Gasteiger partial charge is 0.484 e. The zero-order valence-electron chi connectivity index (χ0n) is 27.7. The zero-order chi connectivity index (χ0) is 34.3. The number of benzene rings is 1. The first-order valence-corrected chi connectivity index (χ1v) is 16.0. The molecule has 4 rings (SSSR count). The summed E-state index contributed by atoms with van der Waals surface area (Å²) in [6, 6.07) is 7.58. The van der Waals surface area contributed by atoms with Gasteiger partial charge in [-0.25, -0.2) is 0 Å². The van der Waals surface area contributed by atoms with Crippen molar-refractivity contribution in [3.63, 3.8) is 0 Å². The van der Waals surface area contributed by atoms with Crippen molar-refractivity contribution in [3.8, 4) is 5.75 Å². The molecule has 1 spiro atoms. The summed E-state index contributed by atoms with van der Waals surface area (Å²) < 4.78 is 5.77. The molecule has 47 heavy (non-hydrogen) atoms. The Morgan fingerprint density at radius 3 is 2.38 bits per heavy atom. The van der Waals surface area contributed by atoms with Gasteiger partial charge in [0.05, 0.1) is 11.7 Å². The van der Waals surface area contributed by atoms with Crippen LogP contribution in [-0.2, 0) is 25.6 Å². The molecular weight excluding hydrogens is 604 g/mol. The first-order chi connectivity index (χ1) is 22.3. The molecule has 2 aliphatic heterocycles. The molecule has 1 aromatic heterocycles. The normalized spacial score (nSPS) is 23.9. The van der Waals surface area contributed by atoms with Gasteiger partial charge in [0.2, 0.25) is 17.7 Å². The maximum Gasteiger partial charge on any atom is 0.258 e. The van der Waals surface area contributed by atoms with Crippen LogP contribution in [0.3, 0.4) is 0 Å². The third-order valence-corrected chi connectivity index (χ3v) is 9.12. The third kappa shape index (κ3) is 8.85. The summed E-state index contributed by atoms with van der Waals surface area (Å²) >= 11 is 0. The minimum Gasteiger partial charge on any atom is -0.484 e. The molecule has 13 nitrogen and oxygen atoms in total. The summed E-state index contributed by atoms with van der Waals surface area (Å²) in [4.78, 5) is 73.3. The Hall–Kier alpha value is -4.52. The molecule has 13 heteroatoms. The highest BCUT2D eigenvalue weighted by molar-refractivity contribution is 5.95. The van der Waals surface area contributed by atoms with Gasteiger partial charge in [0.1, 0.15) is 23.9 Å². The van der Waals surface area contributed by atoms with Gasteiger partial charge >= 0.3 is 0 Å². The van der Waals surface area contributed by atoms with Crippen LogP contribution in [0.4, 0.5) is 0 Å². The molecule has 0 aliphatic carbocycles. The molecule has 4 N–H and O–H groups in total. The lowest BCUT2D eigenvalue weighted by molar-refractivity contribution is -0.144. The molecule has 1 aromatic carbocycles. The molecule has 2 aliphatic rings. The maximum absolute atomic E-state index is 13.7. The van der Waals surface area contributed by atoms with Crippen molar-refractivity contribution in [3.05, 3.63) is 59.9 Å². The number of aliphatic hydroxyl groups excluding tert-OH is 1. The monoisotopic (exact) mass is 650 g/mol. The lowest BCUT2D eigenvalue weighted by atomic mass is 9.73. The molecule has 1 fully saturated rings. The van der Waals surface area contributed by atoms with Crippen molar-refractivity contribution >= 4 is 29.5 Å². The topological polar surface area (TPSA) is 170 Å². The van der Waals surface area contributed by atoms with E-state index in [0.717, 1.165) is 10.5 Å². The highest BCUT2D eigenvalue weighted by Crippen LogP contribution is 2.36. The zero-order valence-corrected chi connectivity index (χ0v) is 27.7. The molecule has 0 saturated carbocycles. The summed E-state index contributed by atoms with van der Waals surface area (Å²) in [5.74, 6) is -2.12. The number of hydrogen-bond donors (Lipinski definition) is 4. The number of nitrogens with zero attached hydrogens (tertiary/aromatic N) is 3. The Labute approximate surface area is 275 Å². The van der Waals surface area contributed by atoms with E-state index in [1.807, 2.05) is 32.0 Å². The van der Waals surface area contributed by atoms with Crippen LogP contribution >= 0.6 is 0 Å². The highest BCUT2D eigenvalue weighted by Gasteiger charge is 2.39. The molecule has 254 valence electrons. The third-order valence-electron chi connectivity index (χ3n) is 9.12. The summed E-state index contributed by atoms with van der Waals surface area (Å²) in [5.41, 5.74) is 1.02. The molecule has 3 heterocycles. The SMILES string of the molecule is CC(C)[C@H]1NC(=O)[C@H](C)N(C)C(=O)[C@H]([C@@H](C)O)NC(=O)COc2cccc(c2)CC2(CCN(C(=O)c3cccnc3)CC2)CNC1=O. The fourth-order valence-electron chi connectivity index (χ4n) is 5.98. The minimum absolute atomic E-state index is 0.0975. The second kappa shape index (κ2) is 15.4. The van der Waals surface area contributed by atoms with E-state index in [9.17, 15) is 29.1 Å². The number of carbonyl (C=O) groups is 5.